The van der Waals surface area contributed by atoms with Gasteiger partial charge in [-0.25, -0.2) is 0 Å². The molecular weight excluding hydrogens is 220 g/mol. The third-order valence-electron chi connectivity index (χ3n) is 3.64. The Morgan fingerprint density at radius 1 is 1.33 bits per heavy atom. The van der Waals surface area contributed by atoms with Crippen LogP contribution in [0.15, 0.2) is 30.8 Å². The van der Waals surface area contributed by atoms with Crippen LogP contribution in [0.2, 0.25) is 0 Å². The Morgan fingerprint density at radius 2 is 2.17 bits per heavy atom. The molecule has 2 aliphatic rings. The topological polar surface area (TPSA) is 15.3 Å². The molecule has 1 N–H and O–H groups in total. The Labute approximate surface area is 111 Å². The fraction of sp³-hybridized carbons (Fsp3) is 0.500. The van der Waals surface area contributed by atoms with Gasteiger partial charge in [0.05, 0.1) is 6.17 Å². The van der Waals surface area contributed by atoms with E-state index >= 15 is 0 Å². The molecule has 18 heavy (non-hydrogen) atoms. The smallest absolute Gasteiger partial charge is 0.0597 e. The van der Waals surface area contributed by atoms with E-state index in [4.69, 9.17) is 0 Å². The van der Waals surface area contributed by atoms with Crippen LogP contribution in [0.5, 0.6) is 0 Å². The summed E-state index contributed by atoms with van der Waals surface area (Å²) in [5, 5.41) is 3.51. The number of nitrogens with one attached hydrogen (secondary N) is 1. The van der Waals surface area contributed by atoms with Crippen molar-refractivity contribution in [1.29, 1.82) is 0 Å². The molecule has 98 valence electrons. The van der Waals surface area contributed by atoms with Gasteiger partial charge in [0.25, 0.3) is 0 Å². The van der Waals surface area contributed by atoms with Crippen molar-refractivity contribution in [3.05, 3.63) is 42.0 Å². The van der Waals surface area contributed by atoms with Crippen molar-refractivity contribution in [3.63, 3.8) is 0 Å². The average molecular weight is 244 g/mol. The van der Waals surface area contributed by atoms with Gasteiger partial charge in [-0.2, -0.15) is 0 Å². The second kappa shape index (κ2) is 6.72. The molecule has 3 rings (SSSR count). The zero-order chi connectivity index (χ0) is 12.8. The van der Waals surface area contributed by atoms with E-state index in [1.165, 1.54) is 50.0 Å². The quantitative estimate of drug-likeness (QED) is 0.817. The van der Waals surface area contributed by atoms with E-state index in [1.54, 1.807) is 0 Å². The molecule has 0 aromatic heterocycles. The first-order valence-electron chi connectivity index (χ1n) is 6.96. The number of aryl methyl sites for hydroxylation is 1. The Hall–Kier alpha value is -1.12. The lowest BCUT2D eigenvalue weighted by Crippen LogP contribution is -2.47. The third-order valence-corrected chi connectivity index (χ3v) is 3.64. The molecule has 2 heterocycles. The van der Waals surface area contributed by atoms with E-state index in [1.807, 2.05) is 18.2 Å². The Balaban J connectivity index is 0.000000134. The van der Waals surface area contributed by atoms with Crippen LogP contribution in [0.4, 0.5) is 0 Å². The minimum absolute atomic E-state index is 0.749. The van der Waals surface area contributed by atoms with Gasteiger partial charge >= 0.3 is 0 Å². The maximum absolute atomic E-state index is 3.67. The summed E-state index contributed by atoms with van der Waals surface area (Å²) in [4.78, 5) is 2.56. The molecular formula is C16H24N2. The fourth-order valence-electron chi connectivity index (χ4n) is 2.67. The summed E-state index contributed by atoms with van der Waals surface area (Å²) in [6.45, 7) is 9.65. The largest absolute Gasteiger partial charge is 0.302 e. The second-order valence-corrected chi connectivity index (χ2v) is 5.12. The van der Waals surface area contributed by atoms with E-state index in [9.17, 15) is 0 Å². The Bertz CT molecular complexity index is 374. The first-order valence-corrected chi connectivity index (χ1v) is 6.96. The molecule has 2 fully saturated rings. The monoisotopic (exact) mass is 244 g/mol. The van der Waals surface area contributed by atoms with Gasteiger partial charge in [0, 0.05) is 6.54 Å². The number of nitrogens with zero attached hydrogens (tertiary/aromatic N) is 1. The van der Waals surface area contributed by atoms with Crippen molar-refractivity contribution in [2.75, 3.05) is 19.6 Å². The summed E-state index contributed by atoms with van der Waals surface area (Å²) < 4.78 is 0. The van der Waals surface area contributed by atoms with Gasteiger partial charge in [-0.3, -0.25) is 4.90 Å². The van der Waals surface area contributed by atoms with Gasteiger partial charge in [-0.1, -0.05) is 42.5 Å². The number of fused-ring (bicyclic) bond motifs is 1. The van der Waals surface area contributed by atoms with Crippen LogP contribution in [0, 0.1) is 6.92 Å². The highest BCUT2D eigenvalue weighted by Crippen LogP contribution is 2.17. The van der Waals surface area contributed by atoms with Gasteiger partial charge in [0.2, 0.25) is 0 Å². The van der Waals surface area contributed by atoms with Crippen molar-refractivity contribution in [2.45, 2.75) is 32.4 Å². The number of hydrogen-bond acceptors (Lipinski definition) is 2. The molecule has 2 aliphatic heterocycles. The van der Waals surface area contributed by atoms with E-state index in [0.29, 0.717) is 0 Å². The zero-order valence-electron chi connectivity index (χ0n) is 11.4. The summed E-state index contributed by atoms with van der Waals surface area (Å²) in [6, 6.07) is 8.26. The lowest BCUT2D eigenvalue weighted by atomic mass is 10.1. The molecule has 1 aromatic carbocycles. The van der Waals surface area contributed by atoms with Gasteiger partial charge in [0.15, 0.2) is 0 Å². The Morgan fingerprint density at radius 3 is 2.83 bits per heavy atom. The predicted octanol–water partition coefficient (Wildman–Crippen LogP) is 3.04. The summed E-state index contributed by atoms with van der Waals surface area (Å²) in [5.74, 6) is 0. The number of benzene rings is 1. The Kier molecular flexibility index (Phi) is 4.97. The molecule has 0 spiro atoms. The van der Waals surface area contributed by atoms with E-state index < -0.39 is 0 Å². The molecule has 0 bridgehead atoms. The van der Waals surface area contributed by atoms with Gasteiger partial charge in [-0.05, 0) is 44.8 Å². The minimum atomic E-state index is 0.749. The van der Waals surface area contributed by atoms with Crippen LogP contribution in [0.1, 0.15) is 30.4 Å². The molecule has 0 radical (unpaired) electrons. The molecule has 1 unspecified atom stereocenters. The fourth-order valence-corrected chi connectivity index (χ4v) is 2.67. The predicted molar refractivity (Wildman–Crippen MR) is 78.5 cm³/mol. The van der Waals surface area contributed by atoms with Crippen molar-refractivity contribution in [1.82, 2.24) is 10.2 Å². The molecule has 0 aliphatic carbocycles. The number of hydrogen-bond donors (Lipinski definition) is 1. The molecule has 1 atom stereocenters. The maximum atomic E-state index is 3.67. The van der Waals surface area contributed by atoms with Crippen molar-refractivity contribution in [2.24, 2.45) is 0 Å². The molecule has 0 saturated carbocycles. The van der Waals surface area contributed by atoms with Crippen molar-refractivity contribution in [3.8, 4) is 0 Å². The highest BCUT2D eigenvalue weighted by molar-refractivity contribution is 5.47. The van der Waals surface area contributed by atoms with Gasteiger partial charge in [-0.15, -0.1) is 0 Å². The molecule has 2 saturated heterocycles. The van der Waals surface area contributed by atoms with Gasteiger partial charge < -0.3 is 5.32 Å². The van der Waals surface area contributed by atoms with Crippen LogP contribution in [-0.4, -0.2) is 30.7 Å². The molecule has 0 amide bonds. The zero-order valence-corrected chi connectivity index (χ0v) is 11.4. The van der Waals surface area contributed by atoms with Crippen LogP contribution in [-0.2, 0) is 0 Å². The third kappa shape index (κ3) is 3.69. The lowest BCUT2D eigenvalue weighted by Gasteiger charge is -2.30. The maximum Gasteiger partial charge on any atom is 0.0597 e. The van der Waals surface area contributed by atoms with Crippen molar-refractivity contribution < 1.29 is 0 Å². The van der Waals surface area contributed by atoms with Crippen LogP contribution >= 0.6 is 0 Å². The van der Waals surface area contributed by atoms with E-state index in [2.05, 4.69) is 35.9 Å². The average Bonchev–Trinajstić information content (AvgIpc) is 2.87. The van der Waals surface area contributed by atoms with Crippen LogP contribution < -0.4 is 5.32 Å². The highest BCUT2D eigenvalue weighted by atomic mass is 15.3. The first-order chi connectivity index (χ1) is 8.79. The molecule has 2 heteroatoms. The second-order valence-electron chi connectivity index (χ2n) is 5.12. The SMILES string of the molecule is C1CNC2CCCN2C1.C=Cc1cccc(C)c1. The number of rotatable bonds is 1. The van der Waals surface area contributed by atoms with Crippen LogP contribution in [0.25, 0.3) is 6.08 Å². The normalized spacial score (nSPS) is 22.8. The van der Waals surface area contributed by atoms with Crippen LogP contribution in [0.3, 0.4) is 0 Å². The summed E-state index contributed by atoms with van der Waals surface area (Å²) >= 11 is 0. The molecule has 2 nitrogen and oxygen atoms in total. The lowest BCUT2D eigenvalue weighted by molar-refractivity contribution is 0.179. The van der Waals surface area contributed by atoms with E-state index in [0.717, 1.165) is 6.17 Å². The minimum Gasteiger partial charge on any atom is -0.302 e. The molecule has 1 aromatic rings. The standard InChI is InChI=1S/C9H10.C7H14N2/c1-3-9-6-4-5-8(2)7-9;1-3-7-8-4-2-6-9(7)5-1/h3-7H,1H2,2H3;7-8H,1-6H2. The first kappa shape index (κ1) is 13.3. The summed E-state index contributed by atoms with van der Waals surface area (Å²) in [5.41, 5.74) is 2.47. The summed E-state index contributed by atoms with van der Waals surface area (Å²) in [7, 11) is 0. The van der Waals surface area contributed by atoms with Crippen molar-refractivity contribution >= 4 is 6.08 Å². The van der Waals surface area contributed by atoms with E-state index in [-0.39, 0.29) is 0 Å². The summed E-state index contributed by atoms with van der Waals surface area (Å²) in [6.07, 6.45) is 6.72. The highest BCUT2D eigenvalue weighted by Gasteiger charge is 2.25. The van der Waals surface area contributed by atoms with Gasteiger partial charge in [0.1, 0.15) is 0 Å².